The fourth-order valence-corrected chi connectivity index (χ4v) is 5.07. The van der Waals surface area contributed by atoms with E-state index in [4.69, 9.17) is 11.6 Å². The molecule has 3 aliphatic rings. The van der Waals surface area contributed by atoms with Crippen molar-refractivity contribution >= 4 is 41.1 Å². The molecule has 0 spiro atoms. The maximum absolute atomic E-state index is 13.5. The normalized spacial score (nSPS) is 24.3. The number of carbonyl (C=O) groups excluding carboxylic acids is 3. The first-order valence-electron chi connectivity index (χ1n) is 11.8. The molecule has 0 bridgehead atoms. The SMILES string of the molecule is CC1(C)CC(=O)C(C=NCCN2CCN(C3CC(=O)N(c4ccc(F)c(Cl)c4)C3=O)CC2)=C(O)C1. The quantitative estimate of drug-likeness (QED) is 0.473. The molecule has 0 saturated carbocycles. The molecule has 2 fully saturated rings. The smallest absolute Gasteiger partial charge is 0.251 e. The number of benzene rings is 1. The molecule has 2 amide bonds. The van der Waals surface area contributed by atoms with Crippen LogP contribution in [0.5, 0.6) is 0 Å². The topological polar surface area (TPSA) is 93.5 Å². The fourth-order valence-electron chi connectivity index (χ4n) is 4.90. The van der Waals surface area contributed by atoms with Crippen LogP contribution in [-0.2, 0) is 14.4 Å². The molecule has 0 aromatic heterocycles. The molecule has 35 heavy (non-hydrogen) atoms. The summed E-state index contributed by atoms with van der Waals surface area (Å²) in [6.45, 7) is 7.80. The van der Waals surface area contributed by atoms with Crippen LogP contribution in [0.25, 0.3) is 0 Å². The summed E-state index contributed by atoms with van der Waals surface area (Å²) in [5, 5.41) is 10.1. The first-order valence-corrected chi connectivity index (χ1v) is 12.2. The number of anilines is 1. The van der Waals surface area contributed by atoms with Gasteiger partial charge in [0.15, 0.2) is 5.78 Å². The highest BCUT2D eigenvalue weighted by molar-refractivity contribution is 6.31. The molecule has 1 unspecified atom stereocenters. The Morgan fingerprint density at radius 1 is 1.17 bits per heavy atom. The molecule has 1 atom stereocenters. The minimum absolute atomic E-state index is 0.0798. The third kappa shape index (κ3) is 5.63. The average molecular weight is 505 g/mol. The van der Waals surface area contributed by atoms with Gasteiger partial charge in [-0.1, -0.05) is 25.4 Å². The molecule has 8 nitrogen and oxygen atoms in total. The summed E-state index contributed by atoms with van der Waals surface area (Å²) < 4.78 is 13.5. The molecular weight excluding hydrogens is 475 g/mol. The minimum Gasteiger partial charge on any atom is -0.511 e. The number of carbonyl (C=O) groups is 3. The highest BCUT2D eigenvalue weighted by Crippen LogP contribution is 2.35. The molecule has 2 heterocycles. The van der Waals surface area contributed by atoms with Crippen molar-refractivity contribution in [1.82, 2.24) is 9.80 Å². The minimum atomic E-state index is -0.602. The zero-order valence-electron chi connectivity index (χ0n) is 20.0. The molecule has 1 aromatic carbocycles. The van der Waals surface area contributed by atoms with Gasteiger partial charge in [0.05, 0.1) is 35.3 Å². The van der Waals surface area contributed by atoms with Gasteiger partial charge < -0.3 is 5.11 Å². The number of aliphatic hydroxyl groups is 1. The fraction of sp³-hybridized carbons (Fsp3) is 0.520. The van der Waals surface area contributed by atoms with Gasteiger partial charge in [-0.05, 0) is 23.6 Å². The lowest BCUT2D eigenvalue weighted by Gasteiger charge is -2.36. The van der Waals surface area contributed by atoms with E-state index in [9.17, 15) is 23.9 Å². The summed E-state index contributed by atoms with van der Waals surface area (Å²) in [6, 6.07) is 3.29. The Balaban J connectivity index is 1.27. The van der Waals surface area contributed by atoms with Gasteiger partial charge in [0.25, 0.3) is 5.91 Å². The maximum Gasteiger partial charge on any atom is 0.251 e. The number of halogens is 2. The van der Waals surface area contributed by atoms with Gasteiger partial charge in [0, 0.05) is 51.8 Å². The number of aliphatic imine (C=N–C) groups is 1. The van der Waals surface area contributed by atoms with Crippen LogP contribution in [0.4, 0.5) is 10.1 Å². The van der Waals surface area contributed by atoms with Crippen LogP contribution in [0.2, 0.25) is 5.02 Å². The van der Waals surface area contributed by atoms with Crippen molar-refractivity contribution in [3.63, 3.8) is 0 Å². The Morgan fingerprint density at radius 3 is 2.54 bits per heavy atom. The largest absolute Gasteiger partial charge is 0.511 e. The van der Waals surface area contributed by atoms with E-state index in [1.54, 1.807) is 0 Å². The van der Waals surface area contributed by atoms with Crippen molar-refractivity contribution in [2.75, 3.05) is 44.2 Å². The number of piperazine rings is 1. The Kier molecular flexibility index (Phi) is 7.40. The van der Waals surface area contributed by atoms with Gasteiger partial charge in [-0.25, -0.2) is 9.29 Å². The number of amides is 2. The zero-order chi connectivity index (χ0) is 25.3. The predicted octanol–water partition coefficient (Wildman–Crippen LogP) is 3.00. The molecule has 0 radical (unpaired) electrons. The van der Waals surface area contributed by atoms with Crippen molar-refractivity contribution in [2.24, 2.45) is 10.4 Å². The van der Waals surface area contributed by atoms with E-state index in [0.717, 1.165) is 24.1 Å². The van der Waals surface area contributed by atoms with Crippen LogP contribution in [-0.4, -0.2) is 84.0 Å². The van der Waals surface area contributed by atoms with Crippen LogP contribution in [0.3, 0.4) is 0 Å². The van der Waals surface area contributed by atoms with E-state index < -0.39 is 11.9 Å². The number of rotatable bonds is 6. The van der Waals surface area contributed by atoms with Crippen molar-refractivity contribution in [2.45, 2.75) is 39.2 Å². The molecule has 4 rings (SSSR count). The van der Waals surface area contributed by atoms with E-state index in [-0.39, 0.29) is 45.9 Å². The van der Waals surface area contributed by atoms with Gasteiger partial charge in [-0.2, -0.15) is 0 Å². The summed E-state index contributed by atoms with van der Waals surface area (Å²) in [6.07, 6.45) is 2.44. The lowest BCUT2D eigenvalue weighted by molar-refractivity contribution is -0.123. The number of hydrogen-bond acceptors (Lipinski definition) is 7. The number of ketones is 1. The van der Waals surface area contributed by atoms with Crippen LogP contribution in [0.15, 0.2) is 34.5 Å². The number of aliphatic hydroxyl groups excluding tert-OH is 1. The Morgan fingerprint density at radius 2 is 1.89 bits per heavy atom. The number of Topliss-reactive ketones (excluding diaryl/α,β-unsaturated/α-hetero) is 1. The highest BCUT2D eigenvalue weighted by atomic mass is 35.5. The van der Waals surface area contributed by atoms with Crippen LogP contribution in [0, 0.1) is 11.2 Å². The number of nitrogens with zero attached hydrogens (tertiary/aromatic N) is 4. The Hall–Kier alpha value is -2.62. The number of imide groups is 1. The van der Waals surface area contributed by atoms with E-state index in [2.05, 4.69) is 9.89 Å². The summed E-state index contributed by atoms with van der Waals surface area (Å²) in [5.74, 6) is -1.21. The van der Waals surface area contributed by atoms with Crippen molar-refractivity contribution in [3.8, 4) is 0 Å². The Bertz CT molecular complexity index is 1090. The summed E-state index contributed by atoms with van der Waals surface area (Å²) in [7, 11) is 0. The summed E-state index contributed by atoms with van der Waals surface area (Å²) >= 11 is 5.83. The molecular formula is C25H30ClFN4O4. The standard InChI is InChI=1S/C25H30ClFN4O4/c1-25(2)13-21(32)17(22(33)14-25)15-28-5-6-29-7-9-30(10-8-29)20-12-23(34)31(24(20)35)16-3-4-19(27)18(26)11-16/h3-4,11,15,20,32H,5-10,12-14H2,1-2H3. The van der Waals surface area contributed by atoms with Crippen molar-refractivity contribution in [1.29, 1.82) is 0 Å². The van der Waals surface area contributed by atoms with E-state index in [1.165, 1.54) is 18.3 Å². The second kappa shape index (κ2) is 10.2. The first-order chi connectivity index (χ1) is 16.6. The van der Waals surface area contributed by atoms with Crippen LogP contribution >= 0.6 is 11.6 Å². The number of hydrogen-bond donors (Lipinski definition) is 1. The second-order valence-corrected chi connectivity index (χ2v) is 10.5. The molecule has 188 valence electrons. The van der Waals surface area contributed by atoms with E-state index in [1.807, 2.05) is 18.7 Å². The molecule has 2 aliphatic heterocycles. The van der Waals surface area contributed by atoms with Crippen molar-refractivity contribution < 1.29 is 23.9 Å². The van der Waals surface area contributed by atoms with Crippen LogP contribution in [0.1, 0.15) is 33.1 Å². The van der Waals surface area contributed by atoms with E-state index >= 15 is 0 Å². The third-order valence-corrected chi connectivity index (χ3v) is 7.08. The van der Waals surface area contributed by atoms with Gasteiger partial charge in [-0.3, -0.25) is 29.2 Å². The van der Waals surface area contributed by atoms with E-state index in [0.29, 0.717) is 44.6 Å². The average Bonchev–Trinajstić information content (AvgIpc) is 3.08. The predicted molar refractivity (Wildman–Crippen MR) is 131 cm³/mol. The lowest BCUT2D eigenvalue weighted by atomic mass is 9.77. The molecule has 2 saturated heterocycles. The Labute approximate surface area is 209 Å². The van der Waals surface area contributed by atoms with Gasteiger partial charge in [-0.15, -0.1) is 0 Å². The first kappa shape index (κ1) is 25.5. The van der Waals surface area contributed by atoms with Gasteiger partial charge in [0.1, 0.15) is 11.6 Å². The summed E-state index contributed by atoms with van der Waals surface area (Å²) in [4.78, 5) is 47.5. The molecule has 1 N–H and O–H groups in total. The highest BCUT2D eigenvalue weighted by Gasteiger charge is 2.43. The van der Waals surface area contributed by atoms with Crippen molar-refractivity contribution in [3.05, 3.63) is 40.4 Å². The lowest BCUT2D eigenvalue weighted by Crippen LogP contribution is -2.52. The van der Waals surface area contributed by atoms with Gasteiger partial charge in [0.2, 0.25) is 5.91 Å². The maximum atomic E-state index is 13.5. The van der Waals surface area contributed by atoms with Crippen LogP contribution < -0.4 is 4.90 Å². The third-order valence-electron chi connectivity index (χ3n) is 6.79. The van der Waals surface area contributed by atoms with Gasteiger partial charge >= 0.3 is 0 Å². The second-order valence-electron chi connectivity index (χ2n) is 10.1. The summed E-state index contributed by atoms with van der Waals surface area (Å²) in [5.41, 5.74) is 0.365. The monoisotopic (exact) mass is 504 g/mol. The molecule has 1 aromatic rings. The zero-order valence-corrected chi connectivity index (χ0v) is 20.7. The number of allylic oxidation sites excluding steroid dienone is 2. The molecule has 10 heteroatoms. The molecule has 1 aliphatic carbocycles.